The maximum atomic E-state index is 12.8. The first-order valence-electron chi connectivity index (χ1n) is 8.89. The van der Waals surface area contributed by atoms with E-state index in [1.165, 1.54) is 6.20 Å². The van der Waals surface area contributed by atoms with Crippen LogP contribution < -0.4 is 21.3 Å². The van der Waals surface area contributed by atoms with Crippen LogP contribution in [0.2, 0.25) is 0 Å². The number of nitrogens with one attached hydrogen (secondary N) is 4. The summed E-state index contributed by atoms with van der Waals surface area (Å²) < 4.78 is 0. The summed E-state index contributed by atoms with van der Waals surface area (Å²) in [7, 11) is 0. The number of carbonyl (C=O) groups is 2. The third kappa shape index (κ3) is 5.07. The molecule has 28 heavy (non-hydrogen) atoms. The Morgan fingerprint density at radius 2 is 1.54 bits per heavy atom. The topological polar surface area (TPSA) is 95.2 Å². The van der Waals surface area contributed by atoms with Crippen LogP contribution in [0.15, 0.2) is 72.9 Å². The molecule has 0 aliphatic carbocycles. The Bertz CT molecular complexity index is 946. The smallest absolute Gasteiger partial charge is 0.320 e. The van der Waals surface area contributed by atoms with Crippen molar-refractivity contribution in [3.8, 4) is 0 Å². The molecule has 4 N–H and O–H groups in total. The van der Waals surface area contributed by atoms with Crippen LogP contribution in [0, 0.1) is 0 Å². The second kappa shape index (κ2) is 9.18. The van der Waals surface area contributed by atoms with Gasteiger partial charge in [-0.25, -0.2) is 9.78 Å². The second-order valence-electron chi connectivity index (χ2n) is 5.91. The molecule has 142 valence electrons. The minimum atomic E-state index is -0.359. The molecule has 0 spiro atoms. The van der Waals surface area contributed by atoms with Crippen LogP contribution in [-0.4, -0.2) is 23.5 Å². The summed E-state index contributed by atoms with van der Waals surface area (Å²) in [6.45, 7) is 2.32. The molecule has 0 saturated carbocycles. The fraction of sp³-hybridized carbons (Fsp3) is 0.0952. The highest BCUT2D eigenvalue weighted by Crippen LogP contribution is 2.24. The zero-order valence-electron chi connectivity index (χ0n) is 15.4. The van der Waals surface area contributed by atoms with Crippen LogP contribution in [0.4, 0.5) is 27.7 Å². The maximum absolute atomic E-state index is 12.8. The predicted octanol–water partition coefficient (Wildman–Crippen LogP) is 4.22. The lowest BCUT2D eigenvalue weighted by Gasteiger charge is -2.14. The van der Waals surface area contributed by atoms with Gasteiger partial charge in [-0.3, -0.25) is 10.1 Å². The van der Waals surface area contributed by atoms with E-state index in [1.807, 2.05) is 55.5 Å². The quantitative estimate of drug-likeness (QED) is 0.519. The average molecular weight is 375 g/mol. The molecule has 0 bridgehead atoms. The van der Waals surface area contributed by atoms with E-state index in [1.54, 1.807) is 18.2 Å². The molecular weight excluding hydrogens is 354 g/mol. The molecule has 0 fully saturated rings. The van der Waals surface area contributed by atoms with Crippen molar-refractivity contribution < 1.29 is 9.59 Å². The summed E-state index contributed by atoms with van der Waals surface area (Å²) in [4.78, 5) is 28.7. The Labute approximate surface area is 163 Å². The van der Waals surface area contributed by atoms with E-state index < -0.39 is 0 Å². The molecule has 0 saturated heterocycles. The van der Waals surface area contributed by atoms with Gasteiger partial charge in [0.2, 0.25) is 0 Å². The van der Waals surface area contributed by atoms with E-state index in [-0.39, 0.29) is 11.9 Å². The Morgan fingerprint density at radius 1 is 0.893 bits per heavy atom. The second-order valence-corrected chi connectivity index (χ2v) is 5.91. The Balaban J connectivity index is 1.88. The van der Waals surface area contributed by atoms with Gasteiger partial charge in [-0.2, -0.15) is 0 Å². The van der Waals surface area contributed by atoms with Crippen molar-refractivity contribution in [3.63, 3.8) is 0 Å². The number of para-hydroxylation sites is 2. The van der Waals surface area contributed by atoms with Crippen LogP contribution in [0.5, 0.6) is 0 Å². The molecule has 1 heterocycles. The summed E-state index contributed by atoms with van der Waals surface area (Å²) in [5.74, 6) is 0.0299. The van der Waals surface area contributed by atoms with Gasteiger partial charge in [-0.15, -0.1) is 0 Å². The van der Waals surface area contributed by atoms with E-state index in [2.05, 4.69) is 26.3 Å². The molecule has 0 atom stereocenters. The van der Waals surface area contributed by atoms with Crippen molar-refractivity contribution in [3.05, 3.63) is 78.5 Å². The van der Waals surface area contributed by atoms with Crippen LogP contribution >= 0.6 is 0 Å². The van der Waals surface area contributed by atoms with Gasteiger partial charge >= 0.3 is 6.03 Å². The lowest BCUT2D eigenvalue weighted by atomic mass is 10.2. The van der Waals surface area contributed by atoms with Crippen LogP contribution in [-0.2, 0) is 0 Å². The summed E-state index contributed by atoms with van der Waals surface area (Å²) in [6, 6.07) is 19.9. The molecule has 2 aromatic carbocycles. The van der Waals surface area contributed by atoms with E-state index >= 15 is 0 Å². The molecule has 3 aromatic rings. The van der Waals surface area contributed by atoms with Crippen molar-refractivity contribution >= 4 is 34.8 Å². The largest absolute Gasteiger partial charge is 0.355 e. The van der Waals surface area contributed by atoms with Gasteiger partial charge in [-0.05, 0) is 31.2 Å². The van der Waals surface area contributed by atoms with Crippen molar-refractivity contribution in [1.29, 1.82) is 0 Å². The third-order valence-electron chi connectivity index (χ3n) is 3.81. The average Bonchev–Trinajstić information content (AvgIpc) is 2.70. The van der Waals surface area contributed by atoms with Gasteiger partial charge in [0.05, 0.1) is 11.3 Å². The van der Waals surface area contributed by atoms with Crippen LogP contribution in [0.3, 0.4) is 0 Å². The minimum absolute atomic E-state index is 0.304. The third-order valence-corrected chi connectivity index (χ3v) is 3.81. The zero-order valence-corrected chi connectivity index (χ0v) is 15.4. The zero-order chi connectivity index (χ0) is 19.8. The molecule has 3 rings (SSSR count). The number of aromatic nitrogens is 1. The summed E-state index contributed by atoms with van der Waals surface area (Å²) in [5, 5.41) is 11.4. The standard InChI is InChI=1S/C21H21N5O2/c1-2-22-21(28)26-19-13-18(24-15-9-5-3-6-10-15)17(14-23-19)20(27)25-16-11-7-4-8-12-16/h3-14H,2H2,1H3,(H,25,27)(H3,22,23,24,26,28). The fourth-order valence-corrected chi connectivity index (χ4v) is 2.53. The van der Waals surface area contributed by atoms with E-state index in [4.69, 9.17) is 0 Å². The Kier molecular flexibility index (Phi) is 6.20. The molecule has 0 unspecified atom stereocenters. The van der Waals surface area contributed by atoms with Gasteiger partial charge < -0.3 is 16.0 Å². The number of anilines is 4. The van der Waals surface area contributed by atoms with Gasteiger partial charge in [-0.1, -0.05) is 36.4 Å². The van der Waals surface area contributed by atoms with E-state index in [9.17, 15) is 9.59 Å². The lowest BCUT2D eigenvalue weighted by Crippen LogP contribution is -2.28. The lowest BCUT2D eigenvalue weighted by molar-refractivity contribution is 0.102. The molecule has 7 nitrogen and oxygen atoms in total. The number of hydrogen-bond acceptors (Lipinski definition) is 4. The first-order chi connectivity index (χ1) is 13.7. The van der Waals surface area contributed by atoms with Crippen LogP contribution in [0.1, 0.15) is 17.3 Å². The molecule has 0 aliphatic heterocycles. The van der Waals surface area contributed by atoms with E-state index in [0.717, 1.165) is 5.69 Å². The van der Waals surface area contributed by atoms with Crippen molar-refractivity contribution in [1.82, 2.24) is 10.3 Å². The van der Waals surface area contributed by atoms with Gasteiger partial charge in [0.25, 0.3) is 5.91 Å². The first kappa shape index (κ1) is 18.9. The fourth-order valence-electron chi connectivity index (χ4n) is 2.53. The SMILES string of the molecule is CCNC(=O)Nc1cc(Nc2ccccc2)c(C(=O)Nc2ccccc2)cn1. The number of benzene rings is 2. The van der Waals surface area contributed by atoms with Crippen LogP contribution in [0.25, 0.3) is 0 Å². The van der Waals surface area contributed by atoms with Crippen molar-refractivity contribution in [2.24, 2.45) is 0 Å². The molecule has 7 heteroatoms. The Hall–Kier alpha value is -3.87. The summed E-state index contributed by atoms with van der Waals surface area (Å²) >= 11 is 0. The number of urea groups is 1. The Morgan fingerprint density at radius 3 is 2.18 bits per heavy atom. The van der Waals surface area contributed by atoms with Gasteiger partial charge in [0.1, 0.15) is 5.82 Å². The molecule has 3 amide bonds. The molecular formula is C21H21N5O2. The number of pyridine rings is 1. The monoisotopic (exact) mass is 375 g/mol. The first-order valence-corrected chi connectivity index (χ1v) is 8.89. The summed E-state index contributed by atoms with van der Waals surface area (Å²) in [5.41, 5.74) is 2.38. The summed E-state index contributed by atoms with van der Waals surface area (Å²) in [6.07, 6.45) is 1.44. The number of amides is 3. The molecule has 1 aromatic heterocycles. The minimum Gasteiger partial charge on any atom is -0.355 e. The predicted molar refractivity (Wildman–Crippen MR) is 111 cm³/mol. The highest BCUT2D eigenvalue weighted by atomic mass is 16.2. The number of carbonyl (C=O) groups excluding carboxylic acids is 2. The van der Waals surface area contributed by atoms with Crippen molar-refractivity contribution in [2.45, 2.75) is 6.92 Å². The van der Waals surface area contributed by atoms with Crippen molar-refractivity contribution in [2.75, 3.05) is 22.5 Å². The number of nitrogens with zero attached hydrogens (tertiary/aromatic N) is 1. The van der Waals surface area contributed by atoms with Gasteiger partial charge in [0.15, 0.2) is 0 Å². The van der Waals surface area contributed by atoms with Gasteiger partial charge in [0, 0.05) is 30.2 Å². The number of hydrogen-bond donors (Lipinski definition) is 4. The number of rotatable bonds is 6. The van der Waals surface area contributed by atoms with E-state index in [0.29, 0.717) is 29.3 Å². The normalized spacial score (nSPS) is 10.0. The molecule has 0 radical (unpaired) electrons. The maximum Gasteiger partial charge on any atom is 0.320 e. The highest BCUT2D eigenvalue weighted by molar-refractivity contribution is 6.08. The molecule has 0 aliphatic rings. The highest BCUT2D eigenvalue weighted by Gasteiger charge is 2.15.